The summed E-state index contributed by atoms with van der Waals surface area (Å²) in [6.45, 7) is 0. The Bertz CT molecular complexity index is 643. The summed E-state index contributed by atoms with van der Waals surface area (Å²) in [4.78, 5) is 12.3. The van der Waals surface area contributed by atoms with E-state index in [2.05, 4.69) is 15.9 Å². The SMILES string of the molecule is COc1cccc(C(=O)c2cc(Br)ccc2Cl)c1F. The predicted octanol–water partition coefficient (Wildman–Crippen LogP) is 4.48. The normalized spacial score (nSPS) is 10.3. The van der Waals surface area contributed by atoms with Gasteiger partial charge in [-0.05, 0) is 30.3 Å². The van der Waals surface area contributed by atoms with Crippen LogP contribution in [-0.2, 0) is 0 Å². The van der Waals surface area contributed by atoms with Crippen molar-refractivity contribution in [1.82, 2.24) is 0 Å². The van der Waals surface area contributed by atoms with Gasteiger partial charge in [-0.1, -0.05) is 33.6 Å². The summed E-state index contributed by atoms with van der Waals surface area (Å²) in [6, 6.07) is 9.26. The molecule has 5 heteroatoms. The minimum absolute atomic E-state index is 0.0250. The number of ether oxygens (including phenoxy) is 1. The van der Waals surface area contributed by atoms with Gasteiger partial charge in [0.1, 0.15) is 0 Å². The maximum Gasteiger partial charge on any atom is 0.197 e. The van der Waals surface area contributed by atoms with E-state index < -0.39 is 11.6 Å². The summed E-state index contributed by atoms with van der Waals surface area (Å²) in [6.07, 6.45) is 0. The first kappa shape index (κ1) is 14.0. The van der Waals surface area contributed by atoms with Crippen LogP contribution in [0, 0.1) is 5.82 Å². The van der Waals surface area contributed by atoms with Crippen molar-refractivity contribution in [2.75, 3.05) is 7.11 Å². The second kappa shape index (κ2) is 5.72. The van der Waals surface area contributed by atoms with Gasteiger partial charge in [-0.2, -0.15) is 0 Å². The average molecular weight is 344 g/mol. The van der Waals surface area contributed by atoms with Crippen molar-refractivity contribution in [3.8, 4) is 5.75 Å². The van der Waals surface area contributed by atoms with Crippen LogP contribution in [0.15, 0.2) is 40.9 Å². The maximum absolute atomic E-state index is 14.0. The molecule has 0 aliphatic carbocycles. The molecule has 0 unspecified atom stereocenters. The highest BCUT2D eigenvalue weighted by Gasteiger charge is 2.19. The van der Waals surface area contributed by atoms with E-state index in [0.29, 0.717) is 4.47 Å². The maximum atomic E-state index is 14.0. The highest BCUT2D eigenvalue weighted by molar-refractivity contribution is 9.10. The Hall–Kier alpha value is -1.39. The van der Waals surface area contributed by atoms with Gasteiger partial charge in [-0.15, -0.1) is 0 Å². The minimum atomic E-state index is -0.689. The molecule has 0 aliphatic rings. The number of methoxy groups -OCH3 is 1. The van der Waals surface area contributed by atoms with Crippen LogP contribution in [0.1, 0.15) is 15.9 Å². The summed E-state index contributed by atoms with van der Waals surface area (Å²) >= 11 is 9.23. The van der Waals surface area contributed by atoms with Crippen LogP contribution in [-0.4, -0.2) is 12.9 Å². The fourth-order valence-electron chi connectivity index (χ4n) is 1.66. The predicted molar refractivity (Wildman–Crippen MR) is 75.5 cm³/mol. The molecule has 98 valence electrons. The summed E-state index contributed by atoms with van der Waals surface area (Å²) in [5, 5.41) is 0.274. The van der Waals surface area contributed by atoms with Gasteiger partial charge in [-0.3, -0.25) is 4.79 Å². The van der Waals surface area contributed by atoms with Crippen molar-refractivity contribution in [2.45, 2.75) is 0 Å². The number of rotatable bonds is 3. The Morgan fingerprint density at radius 2 is 2.00 bits per heavy atom. The van der Waals surface area contributed by atoms with Crippen molar-refractivity contribution in [3.05, 3.63) is 62.8 Å². The Morgan fingerprint density at radius 1 is 1.26 bits per heavy atom. The molecule has 2 nitrogen and oxygen atoms in total. The lowest BCUT2D eigenvalue weighted by Crippen LogP contribution is -2.06. The van der Waals surface area contributed by atoms with Gasteiger partial charge < -0.3 is 4.74 Å². The third-order valence-corrected chi connectivity index (χ3v) is 3.42. The number of carbonyl (C=O) groups excluding carboxylic acids is 1. The molecule has 19 heavy (non-hydrogen) atoms. The van der Waals surface area contributed by atoms with Crippen LogP contribution in [0.5, 0.6) is 5.75 Å². The minimum Gasteiger partial charge on any atom is -0.494 e. The van der Waals surface area contributed by atoms with Crippen LogP contribution in [0.2, 0.25) is 5.02 Å². The van der Waals surface area contributed by atoms with E-state index in [1.165, 1.54) is 19.2 Å². The van der Waals surface area contributed by atoms with Crippen molar-refractivity contribution in [1.29, 1.82) is 0 Å². The van der Waals surface area contributed by atoms with Crippen molar-refractivity contribution in [2.24, 2.45) is 0 Å². The standard InChI is InChI=1S/C14H9BrClFO2/c1-19-12-4-2-3-9(13(12)17)14(18)10-7-8(15)5-6-11(10)16/h2-7H,1H3. The smallest absolute Gasteiger partial charge is 0.197 e. The molecule has 0 atom stereocenters. The molecule has 2 rings (SSSR count). The molecule has 0 heterocycles. The number of benzene rings is 2. The second-order valence-electron chi connectivity index (χ2n) is 3.78. The van der Waals surface area contributed by atoms with Crippen molar-refractivity contribution in [3.63, 3.8) is 0 Å². The number of halogens is 3. The number of carbonyl (C=O) groups is 1. The van der Waals surface area contributed by atoms with Gasteiger partial charge in [0.05, 0.1) is 17.7 Å². The molecule has 0 aliphatic heterocycles. The molecule has 0 saturated heterocycles. The van der Waals surface area contributed by atoms with Crippen molar-refractivity contribution < 1.29 is 13.9 Å². The zero-order valence-electron chi connectivity index (χ0n) is 9.91. The zero-order valence-corrected chi connectivity index (χ0v) is 12.3. The molecule has 0 amide bonds. The summed E-state index contributed by atoms with van der Waals surface area (Å²) in [7, 11) is 1.35. The fourth-order valence-corrected chi connectivity index (χ4v) is 2.22. The first-order valence-corrected chi connectivity index (χ1v) is 6.54. The molecule has 0 N–H and O–H groups in total. The van der Waals surface area contributed by atoms with E-state index >= 15 is 0 Å². The molecule has 0 aromatic heterocycles. The highest BCUT2D eigenvalue weighted by atomic mass is 79.9. The lowest BCUT2D eigenvalue weighted by Gasteiger charge is -2.08. The highest BCUT2D eigenvalue weighted by Crippen LogP contribution is 2.27. The lowest BCUT2D eigenvalue weighted by atomic mass is 10.0. The topological polar surface area (TPSA) is 26.3 Å². The molecule has 2 aromatic rings. The Balaban J connectivity index is 2.53. The third-order valence-electron chi connectivity index (χ3n) is 2.60. The fraction of sp³-hybridized carbons (Fsp3) is 0.0714. The molecule has 2 aromatic carbocycles. The van der Waals surface area contributed by atoms with Crippen LogP contribution >= 0.6 is 27.5 Å². The third kappa shape index (κ3) is 2.80. The van der Waals surface area contributed by atoms with E-state index in [1.54, 1.807) is 24.3 Å². The number of ketones is 1. The average Bonchev–Trinajstić information content (AvgIpc) is 2.41. The molecular formula is C14H9BrClFO2. The van der Waals surface area contributed by atoms with Gasteiger partial charge in [0.15, 0.2) is 17.3 Å². The van der Waals surface area contributed by atoms with Crippen LogP contribution in [0.4, 0.5) is 4.39 Å². The van der Waals surface area contributed by atoms with Gasteiger partial charge in [-0.25, -0.2) is 4.39 Å². The van der Waals surface area contributed by atoms with E-state index in [0.717, 1.165) is 0 Å². The molecule has 0 saturated carbocycles. The lowest BCUT2D eigenvalue weighted by molar-refractivity contribution is 0.103. The van der Waals surface area contributed by atoms with Gasteiger partial charge in [0, 0.05) is 10.0 Å². The Morgan fingerprint density at radius 3 is 2.68 bits per heavy atom. The molecule has 0 spiro atoms. The Labute approximate surface area is 123 Å². The van der Waals surface area contributed by atoms with E-state index in [9.17, 15) is 9.18 Å². The van der Waals surface area contributed by atoms with Crippen LogP contribution in [0.3, 0.4) is 0 Å². The molecule has 0 fully saturated rings. The van der Waals surface area contributed by atoms with Gasteiger partial charge in [0.25, 0.3) is 0 Å². The molecule has 0 radical (unpaired) electrons. The van der Waals surface area contributed by atoms with Crippen molar-refractivity contribution >= 4 is 33.3 Å². The largest absolute Gasteiger partial charge is 0.494 e. The van der Waals surface area contributed by atoms with Crippen LogP contribution < -0.4 is 4.74 Å². The molecular weight excluding hydrogens is 335 g/mol. The summed E-state index contributed by atoms with van der Waals surface area (Å²) < 4.78 is 19.6. The first-order chi connectivity index (χ1) is 9.04. The monoisotopic (exact) mass is 342 g/mol. The Kier molecular flexibility index (Phi) is 4.22. The van der Waals surface area contributed by atoms with E-state index in [1.807, 2.05) is 0 Å². The van der Waals surface area contributed by atoms with E-state index in [4.69, 9.17) is 16.3 Å². The zero-order chi connectivity index (χ0) is 14.0. The van der Waals surface area contributed by atoms with Crippen LogP contribution in [0.25, 0.3) is 0 Å². The van der Waals surface area contributed by atoms with Gasteiger partial charge in [0.2, 0.25) is 0 Å². The molecule has 0 bridgehead atoms. The summed E-state index contributed by atoms with van der Waals surface area (Å²) in [5.41, 5.74) is 0.169. The first-order valence-electron chi connectivity index (χ1n) is 5.37. The van der Waals surface area contributed by atoms with Gasteiger partial charge >= 0.3 is 0 Å². The number of hydrogen-bond acceptors (Lipinski definition) is 2. The van der Waals surface area contributed by atoms with E-state index in [-0.39, 0.29) is 21.9 Å². The number of hydrogen-bond donors (Lipinski definition) is 0. The summed E-state index contributed by atoms with van der Waals surface area (Å²) in [5.74, 6) is -1.15. The quantitative estimate of drug-likeness (QED) is 0.768. The second-order valence-corrected chi connectivity index (χ2v) is 5.10.